The van der Waals surface area contributed by atoms with Gasteiger partial charge in [-0.05, 0) is 34.1 Å². The summed E-state index contributed by atoms with van der Waals surface area (Å²) in [6, 6.07) is 0. The molecule has 0 atom stereocenters. The van der Waals surface area contributed by atoms with E-state index >= 15 is 0 Å². The number of aliphatic hydroxyl groups is 1. The van der Waals surface area contributed by atoms with Gasteiger partial charge in [-0.3, -0.25) is 4.79 Å². The molecule has 0 fully saturated rings. The summed E-state index contributed by atoms with van der Waals surface area (Å²) in [5, 5.41) is 9.27. The normalized spacial score (nSPS) is 14.2. The number of carbonyl (C=O) groups is 2. The number of carbonyl (C=O) groups excluding carboxylic acids is 2. The van der Waals surface area contributed by atoms with E-state index in [4.69, 9.17) is 0 Å². The van der Waals surface area contributed by atoms with Gasteiger partial charge in [0.05, 0.1) is 5.41 Å². The fourth-order valence-corrected chi connectivity index (χ4v) is 1.70. The Bertz CT molecular complexity index is 493. The van der Waals surface area contributed by atoms with Crippen molar-refractivity contribution in [1.82, 2.24) is 0 Å². The van der Waals surface area contributed by atoms with Crippen molar-refractivity contribution in [3.8, 4) is 0 Å². The lowest BCUT2D eigenvalue weighted by Crippen LogP contribution is -2.70. The number of rotatable bonds is 6. The third kappa shape index (κ3) is 4.77. The lowest BCUT2D eigenvalue weighted by molar-refractivity contribution is -0.407. The maximum absolute atomic E-state index is 12.8. The lowest BCUT2D eigenvalue weighted by atomic mass is 9.84. The zero-order valence-electron chi connectivity index (χ0n) is 14.3. The molecule has 0 radical (unpaired) electrons. The van der Waals surface area contributed by atoms with E-state index in [1.165, 1.54) is 13.8 Å². The van der Waals surface area contributed by atoms with Crippen LogP contribution < -0.4 is 0 Å². The Balaban J connectivity index is 5.30. The van der Waals surface area contributed by atoms with E-state index in [1.807, 2.05) is 0 Å². The minimum Gasteiger partial charge on any atom is -0.453 e. The van der Waals surface area contributed by atoms with Gasteiger partial charge in [0.2, 0.25) is 0 Å². The summed E-state index contributed by atoms with van der Waals surface area (Å²) in [5.41, 5.74) is -9.74. The molecule has 0 aromatic rings. The molecule has 0 spiro atoms. The molecule has 0 aliphatic carbocycles. The first kappa shape index (κ1) is 23.5. The van der Waals surface area contributed by atoms with Gasteiger partial charge in [0.1, 0.15) is 0 Å². The summed E-state index contributed by atoms with van der Waals surface area (Å²) in [7, 11) is 0. The molecule has 0 amide bonds. The predicted octanol–water partition coefficient (Wildman–Crippen LogP) is 3.14. The second kappa shape index (κ2) is 7.00. The molecule has 0 aliphatic heterocycles. The second-order valence-electron chi connectivity index (χ2n) is 6.50. The van der Waals surface area contributed by atoms with Crippen molar-refractivity contribution in [3.05, 3.63) is 0 Å². The van der Waals surface area contributed by atoms with Gasteiger partial charge in [0.15, 0.2) is 12.2 Å². The van der Waals surface area contributed by atoms with E-state index in [9.17, 15) is 41.0 Å². The zero-order chi connectivity index (χ0) is 20.5. The van der Waals surface area contributed by atoms with E-state index in [0.29, 0.717) is 6.42 Å². The molecule has 0 heterocycles. The van der Waals surface area contributed by atoms with E-state index in [1.54, 1.807) is 6.92 Å². The van der Waals surface area contributed by atoms with Crippen LogP contribution in [0.15, 0.2) is 0 Å². The Labute approximate surface area is 140 Å². The summed E-state index contributed by atoms with van der Waals surface area (Å²) < 4.78 is 85.6. The summed E-state index contributed by atoms with van der Waals surface area (Å²) in [5.74, 6) is -2.55. The largest absolute Gasteiger partial charge is 0.453 e. The van der Waals surface area contributed by atoms with Gasteiger partial charge in [0, 0.05) is 0 Å². The van der Waals surface area contributed by atoms with Crippen LogP contribution >= 0.6 is 0 Å². The molecule has 0 saturated carbocycles. The molecule has 0 saturated heterocycles. The molecule has 0 unspecified atom stereocenters. The van der Waals surface area contributed by atoms with Gasteiger partial charge >= 0.3 is 24.3 Å². The van der Waals surface area contributed by atoms with Crippen LogP contribution in [0.5, 0.6) is 0 Å². The molecule has 148 valence electrons. The van der Waals surface area contributed by atoms with Crippen molar-refractivity contribution >= 4 is 11.9 Å². The summed E-state index contributed by atoms with van der Waals surface area (Å²) in [6.07, 6.45) is -12.0. The van der Waals surface area contributed by atoms with Crippen LogP contribution in [0.25, 0.3) is 0 Å². The molecule has 0 aromatic carbocycles. The molecule has 0 aromatic heterocycles. The molecular formula is C14H20F6O5. The third-order valence-electron chi connectivity index (χ3n) is 3.82. The van der Waals surface area contributed by atoms with Crippen molar-refractivity contribution in [2.45, 2.75) is 64.6 Å². The average molecular weight is 382 g/mol. The minimum atomic E-state index is -6.17. The van der Waals surface area contributed by atoms with E-state index in [2.05, 4.69) is 9.47 Å². The molecule has 11 heteroatoms. The Morgan fingerprint density at radius 1 is 0.920 bits per heavy atom. The highest BCUT2D eigenvalue weighted by atomic mass is 19.4. The van der Waals surface area contributed by atoms with Crippen LogP contribution in [0, 0.1) is 5.41 Å². The summed E-state index contributed by atoms with van der Waals surface area (Å²) in [6.45, 7) is 3.88. The highest BCUT2D eigenvalue weighted by Crippen LogP contribution is 2.50. The van der Waals surface area contributed by atoms with Crippen molar-refractivity contribution in [2.24, 2.45) is 5.41 Å². The van der Waals surface area contributed by atoms with E-state index in [-0.39, 0.29) is 13.8 Å². The zero-order valence-corrected chi connectivity index (χ0v) is 14.3. The summed E-state index contributed by atoms with van der Waals surface area (Å²) in [4.78, 5) is 23.2. The maximum atomic E-state index is 12.8. The minimum absolute atomic E-state index is 0.254. The molecule has 25 heavy (non-hydrogen) atoms. The van der Waals surface area contributed by atoms with Crippen LogP contribution in [0.3, 0.4) is 0 Å². The molecule has 1 N–H and O–H groups in total. The number of hydrogen-bond acceptors (Lipinski definition) is 5. The highest BCUT2D eigenvalue weighted by molar-refractivity contribution is 5.80. The fourth-order valence-electron chi connectivity index (χ4n) is 1.70. The van der Waals surface area contributed by atoms with Gasteiger partial charge in [-0.2, -0.15) is 26.3 Å². The first-order valence-electron chi connectivity index (χ1n) is 7.08. The van der Waals surface area contributed by atoms with Crippen LogP contribution in [0.2, 0.25) is 0 Å². The molecule has 0 rings (SSSR count). The van der Waals surface area contributed by atoms with Gasteiger partial charge in [0.25, 0.3) is 5.60 Å². The van der Waals surface area contributed by atoms with Crippen LogP contribution in [0.1, 0.15) is 41.0 Å². The Morgan fingerprint density at radius 3 is 1.64 bits per heavy atom. The standard InChI is InChI=1S/C14H20F6O5/c1-6-10(2,3)9(22)24-7-8(21)25-11(4,5)12(23,13(15,16)17)14(18,19)20/h23H,6-7H2,1-5H3. The van der Waals surface area contributed by atoms with Gasteiger partial charge in [-0.15, -0.1) is 0 Å². The number of ether oxygens (including phenoxy) is 2. The first-order valence-corrected chi connectivity index (χ1v) is 7.08. The van der Waals surface area contributed by atoms with Gasteiger partial charge in [-0.1, -0.05) is 6.92 Å². The van der Waals surface area contributed by atoms with Crippen molar-refractivity contribution in [1.29, 1.82) is 0 Å². The second-order valence-corrected chi connectivity index (χ2v) is 6.50. The lowest BCUT2D eigenvalue weighted by Gasteiger charge is -2.43. The molecule has 5 nitrogen and oxygen atoms in total. The molecule has 0 aliphatic rings. The fraction of sp³-hybridized carbons (Fsp3) is 0.857. The van der Waals surface area contributed by atoms with Crippen molar-refractivity contribution in [2.75, 3.05) is 6.61 Å². The van der Waals surface area contributed by atoms with Crippen molar-refractivity contribution < 1.29 is 50.5 Å². The Kier molecular flexibility index (Phi) is 6.58. The van der Waals surface area contributed by atoms with Gasteiger partial charge in [-0.25, -0.2) is 4.79 Å². The van der Waals surface area contributed by atoms with Crippen LogP contribution in [-0.4, -0.2) is 47.2 Å². The monoisotopic (exact) mass is 382 g/mol. The first-order chi connectivity index (χ1) is 10.8. The van der Waals surface area contributed by atoms with Gasteiger partial charge < -0.3 is 14.6 Å². The maximum Gasteiger partial charge on any atom is 0.430 e. The Hall–Kier alpha value is -1.52. The topological polar surface area (TPSA) is 72.8 Å². The number of hydrogen-bond donors (Lipinski definition) is 1. The average Bonchev–Trinajstić information content (AvgIpc) is 2.40. The predicted molar refractivity (Wildman–Crippen MR) is 72.3 cm³/mol. The molecule has 0 bridgehead atoms. The van der Waals surface area contributed by atoms with E-state index < -0.39 is 47.5 Å². The third-order valence-corrected chi connectivity index (χ3v) is 3.82. The quantitative estimate of drug-likeness (QED) is 0.564. The highest BCUT2D eigenvalue weighted by Gasteiger charge is 2.78. The van der Waals surface area contributed by atoms with Crippen molar-refractivity contribution in [3.63, 3.8) is 0 Å². The molecular weight excluding hydrogens is 362 g/mol. The number of halogens is 6. The smallest absolute Gasteiger partial charge is 0.430 e. The van der Waals surface area contributed by atoms with Crippen LogP contribution in [-0.2, 0) is 19.1 Å². The van der Waals surface area contributed by atoms with E-state index in [0.717, 1.165) is 0 Å². The Morgan fingerprint density at radius 2 is 1.32 bits per heavy atom. The summed E-state index contributed by atoms with van der Waals surface area (Å²) >= 11 is 0. The number of alkyl halides is 6. The SMILES string of the molecule is CCC(C)(C)C(=O)OCC(=O)OC(C)(C)C(O)(C(F)(F)F)C(F)(F)F. The van der Waals surface area contributed by atoms with Crippen LogP contribution in [0.4, 0.5) is 26.3 Å². The number of esters is 2.